The van der Waals surface area contributed by atoms with E-state index in [1.54, 1.807) is 16.3 Å². The lowest BCUT2D eigenvalue weighted by atomic mass is 10.1. The third-order valence-electron chi connectivity index (χ3n) is 2.96. The van der Waals surface area contributed by atoms with Crippen molar-refractivity contribution < 1.29 is 9.21 Å². The molecule has 0 bridgehead atoms. The average molecular weight is 258 g/mol. The van der Waals surface area contributed by atoms with E-state index >= 15 is 0 Å². The third kappa shape index (κ3) is 2.69. The summed E-state index contributed by atoms with van der Waals surface area (Å²) in [6.45, 7) is 2.53. The molecule has 0 aliphatic rings. The molecule has 1 aromatic heterocycles. The first-order valence-electron chi connectivity index (χ1n) is 6.27. The highest BCUT2D eigenvalue weighted by Gasteiger charge is 2.23. The zero-order valence-corrected chi connectivity index (χ0v) is 11.5. The Morgan fingerprint density at radius 2 is 1.84 bits per heavy atom. The van der Waals surface area contributed by atoms with Crippen LogP contribution in [-0.4, -0.2) is 36.6 Å². The molecule has 1 heterocycles. The smallest absolute Gasteiger partial charge is 0.304 e. The molecule has 2 aromatic rings. The van der Waals surface area contributed by atoms with Gasteiger partial charge in [-0.05, 0) is 18.6 Å². The summed E-state index contributed by atoms with van der Waals surface area (Å²) < 4.78 is 5.40. The van der Waals surface area contributed by atoms with Gasteiger partial charge in [0.2, 0.25) is 5.76 Å². The Bertz CT molecular complexity index is 546. The summed E-state index contributed by atoms with van der Waals surface area (Å²) in [5.74, 6) is 0.248. The van der Waals surface area contributed by atoms with E-state index in [2.05, 4.69) is 0 Å². The second-order valence-electron chi connectivity index (χ2n) is 4.40. The van der Waals surface area contributed by atoms with Crippen molar-refractivity contribution in [1.82, 2.24) is 10.0 Å². The van der Waals surface area contributed by atoms with Gasteiger partial charge in [0.05, 0.1) is 6.26 Å². The largest absolute Gasteiger partial charge is 0.458 e. The number of benzene rings is 1. The van der Waals surface area contributed by atoms with E-state index in [-0.39, 0.29) is 5.91 Å². The van der Waals surface area contributed by atoms with Crippen molar-refractivity contribution in [3.05, 3.63) is 48.4 Å². The van der Waals surface area contributed by atoms with Crippen LogP contribution in [0.4, 0.5) is 0 Å². The van der Waals surface area contributed by atoms with Gasteiger partial charge in [0.1, 0.15) is 0 Å². The Kier molecular flexibility index (Phi) is 4.02. The summed E-state index contributed by atoms with van der Waals surface area (Å²) in [6.07, 6.45) is 1.55. The minimum absolute atomic E-state index is 0.128. The van der Waals surface area contributed by atoms with Crippen LogP contribution in [0.3, 0.4) is 0 Å². The first-order valence-corrected chi connectivity index (χ1v) is 6.27. The Labute approximate surface area is 113 Å². The normalized spacial score (nSPS) is 10.7. The van der Waals surface area contributed by atoms with Gasteiger partial charge < -0.3 is 4.42 Å². The lowest BCUT2D eigenvalue weighted by Crippen LogP contribution is -2.41. The molecule has 2 rings (SSSR count). The van der Waals surface area contributed by atoms with Crippen LogP contribution in [0.1, 0.15) is 17.5 Å². The van der Waals surface area contributed by atoms with E-state index in [1.807, 2.05) is 57.4 Å². The fourth-order valence-electron chi connectivity index (χ4n) is 2.05. The van der Waals surface area contributed by atoms with E-state index in [1.165, 1.54) is 0 Å². The van der Waals surface area contributed by atoms with Crippen molar-refractivity contribution in [3.8, 4) is 11.1 Å². The quantitative estimate of drug-likeness (QED) is 0.791. The van der Waals surface area contributed by atoms with Crippen LogP contribution in [0.25, 0.3) is 11.1 Å². The molecule has 4 nitrogen and oxygen atoms in total. The summed E-state index contributed by atoms with van der Waals surface area (Å²) in [5, 5.41) is 3.39. The zero-order chi connectivity index (χ0) is 13.8. The zero-order valence-electron chi connectivity index (χ0n) is 11.5. The van der Waals surface area contributed by atoms with Gasteiger partial charge in [-0.25, -0.2) is 5.01 Å². The molecule has 1 aromatic carbocycles. The molecule has 0 aliphatic heterocycles. The number of amides is 1. The van der Waals surface area contributed by atoms with Gasteiger partial charge in [0, 0.05) is 26.2 Å². The standard InChI is InChI=1S/C15H18N2O2/c1-4-17(16(2)3)15(18)14-13(10-11-19-14)12-8-6-5-7-9-12/h5-11H,4H2,1-3H3. The fourth-order valence-corrected chi connectivity index (χ4v) is 2.05. The molecule has 1 amide bonds. The van der Waals surface area contributed by atoms with Crippen LogP contribution in [-0.2, 0) is 0 Å². The highest BCUT2D eigenvalue weighted by atomic mass is 16.3. The molecule has 0 atom stereocenters. The molecule has 100 valence electrons. The predicted octanol–water partition coefficient (Wildman–Crippen LogP) is 2.89. The molecule has 0 saturated carbocycles. The Morgan fingerprint density at radius 1 is 1.16 bits per heavy atom. The van der Waals surface area contributed by atoms with Crippen molar-refractivity contribution in [2.24, 2.45) is 0 Å². The van der Waals surface area contributed by atoms with Crippen molar-refractivity contribution in [3.63, 3.8) is 0 Å². The van der Waals surface area contributed by atoms with Gasteiger partial charge in [0.25, 0.3) is 0 Å². The summed E-state index contributed by atoms with van der Waals surface area (Å²) in [7, 11) is 3.68. The number of rotatable bonds is 4. The fraction of sp³-hybridized carbons (Fsp3) is 0.267. The first-order chi connectivity index (χ1) is 9.15. The van der Waals surface area contributed by atoms with Crippen molar-refractivity contribution in [2.75, 3.05) is 20.6 Å². The van der Waals surface area contributed by atoms with Crippen LogP contribution >= 0.6 is 0 Å². The molecule has 0 radical (unpaired) electrons. The van der Waals surface area contributed by atoms with Crippen LogP contribution in [0.15, 0.2) is 47.1 Å². The monoisotopic (exact) mass is 258 g/mol. The van der Waals surface area contributed by atoms with E-state index < -0.39 is 0 Å². The summed E-state index contributed by atoms with van der Waals surface area (Å²) in [4.78, 5) is 12.5. The van der Waals surface area contributed by atoms with E-state index in [0.717, 1.165) is 11.1 Å². The molecular formula is C15H18N2O2. The van der Waals surface area contributed by atoms with Crippen molar-refractivity contribution >= 4 is 5.91 Å². The Hall–Kier alpha value is -2.07. The van der Waals surface area contributed by atoms with Crippen LogP contribution in [0.5, 0.6) is 0 Å². The van der Waals surface area contributed by atoms with Gasteiger partial charge >= 0.3 is 5.91 Å². The number of hydrogen-bond acceptors (Lipinski definition) is 3. The minimum atomic E-state index is -0.128. The number of hydrogen-bond donors (Lipinski definition) is 0. The van der Waals surface area contributed by atoms with Gasteiger partial charge in [0.15, 0.2) is 0 Å². The molecule has 0 N–H and O–H groups in total. The number of carbonyl (C=O) groups excluding carboxylic acids is 1. The molecule has 0 fully saturated rings. The van der Waals surface area contributed by atoms with Crippen LogP contribution < -0.4 is 0 Å². The van der Waals surface area contributed by atoms with E-state index in [9.17, 15) is 4.79 Å². The SMILES string of the molecule is CCN(C(=O)c1occc1-c1ccccc1)N(C)C. The average Bonchev–Trinajstić information content (AvgIpc) is 2.89. The van der Waals surface area contributed by atoms with Crippen molar-refractivity contribution in [2.45, 2.75) is 6.92 Å². The lowest BCUT2D eigenvalue weighted by Gasteiger charge is -2.26. The first kappa shape index (κ1) is 13.4. The maximum absolute atomic E-state index is 12.5. The second kappa shape index (κ2) is 5.71. The molecule has 0 spiro atoms. The van der Waals surface area contributed by atoms with E-state index in [0.29, 0.717) is 12.3 Å². The highest BCUT2D eigenvalue weighted by molar-refractivity contribution is 5.97. The lowest BCUT2D eigenvalue weighted by molar-refractivity contribution is 0.0201. The number of carbonyl (C=O) groups is 1. The van der Waals surface area contributed by atoms with Crippen LogP contribution in [0.2, 0.25) is 0 Å². The van der Waals surface area contributed by atoms with Gasteiger partial charge in [-0.2, -0.15) is 0 Å². The molecular weight excluding hydrogens is 240 g/mol. The molecule has 0 unspecified atom stereocenters. The summed E-state index contributed by atoms with van der Waals surface area (Å²) >= 11 is 0. The molecule has 4 heteroatoms. The molecule has 0 aliphatic carbocycles. The molecule has 0 saturated heterocycles. The third-order valence-corrected chi connectivity index (χ3v) is 2.96. The van der Waals surface area contributed by atoms with Gasteiger partial charge in [-0.1, -0.05) is 30.3 Å². The summed E-state index contributed by atoms with van der Waals surface area (Å²) in [5.41, 5.74) is 1.81. The maximum atomic E-state index is 12.5. The summed E-state index contributed by atoms with van der Waals surface area (Å²) in [6, 6.07) is 11.6. The number of nitrogens with zero attached hydrogens (tertiary/aromatic N) is 2. The Morgan fingerprint density at radius 3 is 2.42 bits per heavy atom. The highest BCUT2D eigenvalue weighted by Crippen LogP contribution is 2.25. The Balaban J connectivity index is 2.37. The van der Waals surface area contributed by atoms with Gasteiger partial charge in [-0.3, -0.25) is 9.80 Å². The number of furan rings is 1. The maximum Gasteiger partial charge on any atom is 0.304 e. The minimum Gasteiger partial charge on any atom is -0.458 e. The van der Waals surface area contributed by atoms with Crippen LogP contribution in [0, 0.1) is 0 Å². The van der Waals surface area contributed by atoms with Crippen molar-refractivity contribution in [1.29, 1.82) is 0 Å². The number of hydrazine groups is 1. The topological polar surface area (TPSA) is 36.7 Å². The predicted molar refractivity (Wildman–Crippen MR) is 74.5 cm³/mol. The second-order valence-corrected chi connectivity index (χ2v) is 4.40. The van der Waals surface area contributed by atoms with Gasteiger partial charge in [-0.15, -0.1) is 0 Å². The molecule has 19 heavy (non-hydrogen) atoms. The van der Waals surface area contributed by atoms with E-state index in [4.69, 9.17) is 4.42 Å².